The van der Waals surface area contributed by atoms with E-state index in [0.717, 1.165) is 16.2 Å². The minimum Gasteiger partial charge on any atom is -0.365 e. The first kappa shape index (κ1) is 21.5. The molecule has 0 aliphatic carbocycles. The molecule has 0 bridgehead atoms. The monoisotopic (exact) mass is 443 g/mol. The number of halogens is 2. The normalized spacial score (nSPS) is 17.6. The van der Waals surface area contributed by atoms with E-state index in [1.54, 1.807) is 11.0 Å². The second-order valence-electron chi connectivity index (χ2n) is 6.61. The fraction of sp³-hybridized carbons (Fsp3) is 0.389. The van der Waals surface area contributed by atoms with Gasteiger partial charge in [0.05, 0.1) is 6.54 Å². The van der Waals surface area contributed by atoms with Crippen molar-refractivity contribution >= 4 is 33.0 Å². The maximum absolute atomic E-state index is 14.0. The number of nitrogens with zero attached hydrogens (tertiary/aromatic N) is 2. The number of thiophene rings is 1. The van der Waals surface area contributed by atoms with E-state index in [4.69, 9.17) is 5.14 Å². The van der Waals surface area contributed by atoms with Crippen LogP contribution in [-0.2, 0) is 16.6 Å². The number of primary sulfonamides is 1. The maximum atomic E-state index is 14.0. The molecule has 4 N–H and O–H groups in total. The van der Waals surface area contributed by atoms with Crippen LogP contribution in [0.25, 0.3) is 0 Å². The third-order valence-corrected chi connectivity index (χ3v) is 6.95. The first-order valence-corrected chi connectivity index (χ1v) is 11.5. The molecule has 0 radical (unpaired) electrons. The highest BCUT2D eigenvalue weighted by molar-refractivity contribution is 7.91. The molecule has 1 aliphatic heterocycles. The first-order valence-electron chi connectivity index (χ1n) is 9.13. The van der Waals surface area contributed by atoms with Gasteiger partial charge in [-0.2, -0.15) is 0 Å². The fourth-order valence-corrected chi connectivity index (χ4v) is 4.84. The van der Waals surface area contributed by atoms with Crippen molar-refractivity contribution in [2.45, 2.75) is 30.1 Å². The van der Waals surface area contributed by atoms with Crippen molar-refractivity contribution < 1.29 is 17.2 Å². The smallest absolute Gasteiger partial charge is 0.247 e. The number of rotatable bonds is 6. The highest BCUT2D eigenvalue weighted by Gasteiger charge is 2.27. The lowest BCUT2D eigenvalue weighted by Gasteiger charge is -2.21. The number of para-hydroxylation sites is 1. The van der Waals surface area contributed by atoms with E-state index in [2.05, 4.69) is 15.6 Å². The van der Waals surface area contributed by atoms with Gasteiger partial charge in [0.25, 0.3) is 0 Å². The molecule has 11 heteroatoms. The molecule has 2 aromatic rings. The van der Waals surface area contributed by atoms with E-state index < -0.39 is 21.7 Å². The topological polar surface area (TPSA) is 99.8 Å². The first-order chi connectivity index (χ1) is 13.8. The van der Waals surface area contributed by atoms with Gasteiger partial charge in [-0.05, 0) is 37.6 Å². The molecule has 1 aromatic heterocycles. The summed E-state index contributed by atoms with van der Waals surface area (Å²) < 4.78 is 50.9. The number of aliphatic imine (C=N–C) groups is 1. The summed E-state index contributed by atoms with van der Waals surface area (Å²) in [5.41, 5.74) is -0.00662. The fourth-order valence-electron chi connectivity index (χ4n) is 3.14. The van der Waals surface area contributed by atoms with Crippen molar-refractivity contribution in [2.24, 2.45) is 10.1 Å². The Morgan fingerprint density at radius 2 is 2.03 bits per heavy atom. The highest BCUT2D eigenvalue weighted by Crippen LogP contribution is 2.26. The molecular weight excluding hydrogens is 420 g/mol. The molecule has 0 spiro atoms. The average Bonchev–Trinajstić information content (AvgIpc) is 3.29. The van der Waals surface area contributed by atoms with Gasteiger partial charge in [0.1, 0.15) is 21.5 Å². The van der Waals surface area contributed by atoms with Crippen LogP contribution in [0.2, 0.25) is 0 Å². The van der Waals surface area contributed by atoms with Crippen LogP contribution < -0.4 is 20.7 Å². The van der Waals surface area contributed by atoms with Crippen LogP contribution in [0.3, 0.4) is 0 Å². The van der Waals surface area contributed by atoms with E-state index >= 15 is 0 Å². The predicted molar refractivity (Wildman–Crippen MR) is 111 cm³/mol. The van der Waals surface area contributed by atoms with Crippen molar-refractivity contribution in [3.63, 3.8) is 0 Å². The zero-order valence-electron chi connectivity index (χ0n) is 15.9. The van der Waals surface area contributed by atoms with Gasteiger partial charge in [0, 0.05) is 30.6 Å². The Bertz CT molecular complexity index is 974. The number of guanidine groups is 1. The zero-order chi connectivity index (χ0) is 21.0. The number of nitrogens with one attached hydrogen (secondary N) is 2. The van der Waals surface area contributed by atoms with Gasteiger partial charge in [-0.15, -0.1) is 11.3 Å². The Morgan fingerprint density at radius 1 is 1.31 bits per heavy atom. The number of hydrogen-bond donors (Lipinski definition) is 3. The third kappa shape index (κ3) is 5.43. The molecule has 7 nitrogen and oxygen atoms in total. The Morgan fingerprint density at radius 3 is 2.66 bits per heavy atom. The van der Waals surface area contributed by atoms with Crippen LogP contribution in [-0.4, -0.2) is 40.1 Å². The number of nitrogens with two attached hydrogens (primary N) is 1. The van der Waals surface area contributed by atoms with Crippen molar-refractivity contribution in [1.82, 2.24) is 10.6 Å². The molecule has 1 aliphatic rings. The highest BCUT2D eigenvalue weighted by atomic mass is 32.2. The van der Waals surface area contributed by atoms with Crippen molar-refractivity contribution in [1.29, 1.82) is 0 Å². The molecule has 1 fully saturated rings. The molecule has 158 valence electrons. The zero-order valence-corrected chi connectivity index (χ0v) is 17.5. The Kier molecular flexibility index (Phi) is 6.70. The van der Waals surface area contributed by atoms with E-state index in [0.29, 0.717) is 32.0 Å². The summed E-state index contributed by atoms with van der Waals surface area (Å²) in [5.74, 6) is -0.594. The SMILES string of the molecule is CCNC(=NCc1ccc(S(N)(=O)=O)s1)NC1CCN(c2c(F)cccc2F)C1. The molecule has 3 rings (SSSR count). The molecule has 0 amide bonds. The molecule has 1 unspecified atom stereocenters. The molecule has 0 saturated carbocycles. The van der Waals surface area contributed by atoms with Crippen molar-refractivity contribution in [3.8, 4) is 0 Å². The number of benzene rings is 1. The molecule has 1 aromatic carbocycles. The second kappa shape index (κ2) is 9.06. The molecule has 29 heavy (non-hydrogen) atoms. The van der Waals surface area contributed by atoms with E-state index in [1.165, 1.54) is 24.3 Å². The van der Waals surface area contributed by atoms with Crippen molar-refractivity contribution in [3.05, 3.63) is 46.8 Å². The maximum Gasteiger partial charge on any atom is 0.247 e. The van der Waals surface area contributed by atoms with Crippen LogP contribution in [0.1, 0.15) is 18.2 Å². The van der Waals surface area contributed by atoms with Crippen LogP contribution in [0, 0.1) is 11.6 Å². The van der Waals surface area contributed by atoms with Gasteiger partial charge in [0.2, 0.25) is 10.0 Å². The van der Waals surface area contributed by atoms with E-state index in [1.807, 2.05) is 6.92 Å². The number of sulfonamides is 1. The molecular formula is C18H23F2N5O2S2. The van der Waals surface area contributed by atoms with Gasteiger partial charge in [-0.3, -0.25) is 0 Å². The molecule has 1 saturated heterocycles. The third-order valence-electron chi connectivity index (χ3n) is 4.44. The summed E-state index contributed by atoms with van der Waals surface area (Å²) in [7, 11) is -3.72. The standard InChI is InChI=1S/C18H23F2N5O2S2/c1-2-22-18(23-10-13-6-7-16(28-13)29(21,26)27)24-12-8-9-25(11-12)17-14(19)4-3-5-15(17)20/h3-7,12H,2,8-11H2,1H3,(H2,21,26,27)(H2,22,23,24). The minimum absolute atomic E-state index is 0.00662. The quantitative estimate of drug-likeness (QED) is 0.469. The Hall–Kier alpha value is -2.24. The van der Waals surface area contributed by atoms with Gasteiger partial charge >= 0.3 is 0 Å². The predicted octanol–water partition coefficient (Wildman–Crippen LogP) is 2.01. The van der Waals surface area contributed by atoms with Crippen LogP contribution >= 0.6 is 11.3 Å². The summed E-state index contributed by atoms with van der Waals surface area (Å²) in [4.78, 5) is 6.92. The summed E-state index contributed by atoms with van der Waals surface area (Å²) in [6.07, 6.45) is 0.701. The number of anilines is 1. The van der Waals surface area contributed by atoms with E-state index in [-0.39, 0.29) is 22.5 Å². The minimum atomic E-state index is -3.72. The Balaban J connectivity index is 1.65. The summed E-state index contributed by atoms with van der Waals surface area (Å²) in [5, 5.41) is 11.5. The van der Waals surface area contributed by atoms with Crippen LogP contribution in [0.5, 0.6) is 0 Å². The number of hydrogen-bond acceptors (Lipinski definition) is 5. The molecule has 2 heterocycles. The molecule has 1 atom stereocenters. The van der Waals surface area contributed by atoms with E-state index in [9.17, 15) is 17.2 Å². The lowest BCUT2D eigenvalue weighted by atomic mass is 10.2. The lowest BCUT2D eigenvalue weighted by Crippen LogP contribution is -2.44. The van der Waals surface area contributed by atoms with Gasteiger partial charge in [0.15, 0.2) is 5.96 Å². The van der Waals surface area contributed by atoms with Gasteiger partial charge in [-0.25, -0.2) is 27.3 Å². The lowest BCUT2D eigenvalue weighted by molar-refractivity contribution is 0.576. The second-order valence-corrected chi connectivity index (χ2v) is 9.56. The van der Waals surface area contributed by atoms with Crippen LogP contribution in [0.15, 0.2) is 39.5 Å². The Labute approximate surface area is 172 Å². The van der Waals surface area contributed by atoms with Gasteiger partial charge in [-0.1, -0.05) is 6.07 Å². The summed E-state index contributed by atoms with van der Waals surface area (Å²) in [6, 6.07) is 6.96. The van der Waals surface area contributed by atoms with Crippen LogP contribution in [0.4, 0.5) is 14.5 Å². The van der Waals surface area contributed by atoms with Crippen molar-refractivity contribution in [2.75, 3.05) is 24.5 Å². The summed E-state index contributed by atoms with van der Waals surface area (Å²) in [6.45, 7) is 3.82. The summed E-state index contributed by atoms with van der Waals surface area (Å²) >= 11 is 1.08. The average molecular weight is 444 g/mol. The van der Waals surface area contributed by atoms with Gasteiger partial charge < -0.3 is 15.5 Å². The largest absolute Gasteiger partial charge is 0.365 e.